The van der Waals surface area contributed by atoms with Crippen molar-refractivity contribution in [2.45, 2.75) is 32.4 Å². The second-order valence-electron chi connectivity index (χ2n) is 8.50. The summed E-state index contributed by atoms with van der Waals surface area (Å²) in [5.74, 6) is 0.911. The van der Waals surface area contributed by atoms with Gasteiger partial charge in [-0.05, 0) is 48.4 Å². The number of methoxy groups -OCH3 is 2. The van der Waals surface area contributed by atoms with E-state index in [-0.39, 0.29) is 12.3 Å². The number of aliphatic hydroxyl groups is 1. The molecule has 7 heteroatoms. The zero-order chi connectivity index (χ0) is 24.2. The first-order valence-corrected chi connectivity index (χ1v) is 11.1. The van der Waals surface area contributed by atoms with Gasteiger partial charge in [-0.1, -0.05) is 18.2 Å². The Balaban J connectivity index is 1.67. The van der Waals surface area contributed by atoms with Gasteiger partial charge >= 0.3 is 5.97 Å². The van der Waals surface area contributed by atoms with Crippen molar-refractivity contribution in [1.82, 2.24) is 4.57 Å². The molecule has 0 amide bonds. The number of furan rings is 1. The molecule has 2 N–H and O–H groups in total. The molecule has 4 rings (SSSR count). The second-order valence-corrected chi connectivity index (χ2v) is 8.50. The average molecular weight is 464 g/mol. The van der Waals surface area contributed by atoms with Crippen molar-refractivity contribution in [2.24, 2.45) is 5.92 Å². The number of fused-ring (bicyclic) bond motifs is 1. The van der Waals surface area contributed by atoms with E-state index < -0.39 is 12.1 Å². The molecule has 0 aliphatic heterocycles. The van der Waals surface area contributed by atoms with E-state index in [0.717, 1.165) is 22.3 Å². The number of hydrogen-bond acceptors (Lipinski definition) is 5. The van der Waals surface area contributed by atoms with Gasteiger partial charge in [0.05, 0.1) is 26.7 Å². The van der Waals surface area contributed by atoms with E-state index in [2.05, 4.69) is 0 Å². The van der Waals surface area contributed by atoms with E-state index in [4.69, 9.17) is 19.0 Å². The highest BCUT2D eigenvalue weighted by Gasteiger charge is 2.26. The maximum Gasteiger partial charge on any atom is 0.307 e. The van der Waals surface area contributed by atoms with E-state index in [0.29, 0.717) is 35.6 Å². The van der Waals surface area contributed by atoms with Crippen LogP contribution in [0.1, 0.15) is 28.6 Å². The number of aromatic nitrogens is 1. The minimum absolute atomic E-state index is 0.0455. The molecule has 0 bridgehead atoms. The molecule has 0 fully saturated rings. The Morgan fingerprint density at radius 2 is 1.79 bits per heavy atom. The highest BCUT2D eigenvalue weighted by molar-refractivity contribution is 5.77. The first-order chi connectivity index (χ1) is 16.4. The molecule has 7 nitrogen and oxygen atoms in total. The molecule has 0 aliphatic rings. The molecule has 4 aromatic rings. The van der Waals surface area contributed by atoms with E-state index >= 15 is 0 Å². The Bertz CT molecular complexity index is 1230. The molecular formula is C27H29NO6. The van der Waals surface area contributed by atoms with Crippen LogP contribution in [0.2, 0.25) is 0 Å². The van der Waals surface area contributed by atoms with Gasteiger partial charge in [0, 0.05) is 42.2 Å². The van der Waals surface area contributed by atoms with Gasteiger partial charge < -0.3 is 28.7 Å². The lowest BCUT2D eigenvalue weighted by atomic mass is 9.90. The molecule has 0 radical (unpaired) electrons. The molecule has 2 aromatic heterocycles. The summed E-state index contributed by atoms with van der Waals surface area (Å²) in [5.41, 5.74) is 3.05. The highest BCUT2D eigenvalue weighted by Crippen LogP contribution is 2.36. The summed E-state index contributed by atoms with van der Waals surface area (Å²) in [6.07, 6.45) is 3.24. The molecule has 2 heterocycles. The molecule has 2 atom stereocenters. The molecule has 0 saturated carbocycles. The van der Waals surface area contributed by atoms with Crippen LogP contribution < -0.4 is 9.47 Å². The number of carboxylic acids is 1. The molecule has 0 saturated heterocycles. The van der Waals surface area contributed by atoms with Crippen LogP contribution >= 0.6 is 0 Å². The fraction of sp³-hybridized carbons (Fsp3) is 0.296. The quantitative estimate of drug-likeness (QED) is 0.352. The number of ether oxygens (including phenoxy) is 2. The van der Waals surface area contributed by atoms with Gasteiger partial charge in [-0.15, -0.1) is 0 Å². The van der Waals surface area contributed by atoms with E-state index in [1.807, 2.05) is 66.3 Å². The maximum absolute atomic E-state index is 11.5. The maximum atomic E-state index is 11.5. The minimum atomic E-state index is -0.879. The Kier molecular flexibility index (Phi) is 6.93. The number of nitrogens with zero attached hydrogens (tertiary/aromatic N) is 1. The first-order valence-electron chi connectivity index (χ1n) is 11.1. The highest BCUT2D eigenvalue weighted by atomic mass is 16.5. The topological polar surface area (TPSA) is 94.1 Å². The Morgan fingerprint density at radius 3 is 2.44 bits per heavy atom. The van der Waals surface area contributed by atoms with Crippen molar-refractivity contribution in [3.05, 3.63) is 83.4 Å². The summed E-state index contributed by atoms with van der Waals surface area (Å²) in [5, 5.41) is 21.6. The van der Waals surface area contributed by atoms with E-state index in [1.165, 1.54) is 0 Å². The van der Waals surface area contributed by atoms with Crippen LogP contribution in [0.25, 0.3) is 11.0 Å². The molecule has 34 heavy (non-hydrogen) atoms. The Labute approximate surface area is 198 Å². The van der Waals surface area contributed by atoms with Crippen molar-refractivity contribution >= 4 is 16.9 Å². The minimum Gasteiger partial charge on any atom is -0.496 e. The van der Waals surface area contributed by atoms with Crippen LogP contribution in [0.5, 0.6) is 11.5 Å². The van der Waals surface area contributed by atoms with Crippen LogP contribution in [-0.2, 0) is 24.2 Å². The molecular weight excluding hydrogens is 434 g/mol. The smallest absolute Gasteiger partial charge is 0.307 e. The Hall–Kier alpha value is -3.71. The summed E-state index contributed by atoms with van der Waals surface area (Å²) in [7, 11) is 3.18. The van der Waals surface area contributed by atoms with Crippen LogP contribution in [0.4, 0.5) is 0 Å². The van der Waals surface area contributed by atoms with Crippen LogP contribution in [0, 0.1) is 12.8 Å². The normalized spacial score (nSPS) is 13.1. The molecule has 2 aromatic carbocycles. The number of carboxylic acid groups (broad SMARTS) is 1. The number of aliphatic carboxylic acids is 1. The lowest BCUT2D eigenvalue weighted by Gasteiger charge is -2.24. The number of para-hydroxylation sites is 1. The third-order valence-electron chi connectivity index (χ3n) is 6.11. The van der Waals surface area contributed by atoms with Crippen molar-refractivity contribution in [2.75, 3.05) is 14.2 Å². The number of aliphatic hydroxyl groups excluding tert-OH is 1. The van der Waals surface area contributed by atoms with Gasteiger partial charge in [0.2, 0.25) is 0 Å². The Morgan fingerprint density at radius 1 is 1.09 bits per heavy atom. The average Bonchev–Trinajstić information content (AvgIpc) is 3.43. The zero-order valence-electron chi connectivity index (χ0n) is 19.5. The van der Waals surface area contributed by atoms with Crippen LogP contribution in [-0.4, -0.2) is 35.0 Å². The van der Waals surface area contributed by atoms with Crippen molar-refractivity contribution in [3.63, 3.8) is 0 Å². The zero-order valence-corrected chi connectivity index (χ0v) is 19.5. The number of hydrogen-bond donors (Lipinski definition) is 2. The summed E-state index contributed by atoms with van der Waals surface area (Å²) < 4.78 is 19.0. The molecule has 0 unspecified atom stereocenters. The lowest BCUT2D eigenvalue weighted by molar-refractivity contribution is -0.136. The summed E-state index contributed by atoms with van der Waals surface area (Å²) in [6.45, 7) is 2.37. The lowest BCUT2D eigenvalue weighted by Crippen LogP contribution is -2.21. The van der Waals surface area contributed by atoms with E-state index in [9.17, 15) is 9.90 Å². The van der Waals surface area contributed by atoms with Gasteiger partial charge in [-0.25, -0.2) is 0 Å². The standard InChI is InChI=1S/C27H29NO6/c1-17-24(32-2)13-20(14-25(17)33-3)27(31)21(16-28-9-8-18(15-28)10-26(29)30)12-22-11-19-6-4-5-7-23(19)34-22/h4-9,11,13-15,21,27,31H,10,12,16H2,1-3H3,(H,29,30)/t21-,27-/m1/s1. The van der Waals surface area contributed by atoms with Crippen molar-refractivity contribution < 1.29 is 28.9 Å². The van der Waals surface area contributed by atoms with Crippen molar-refractivity contribution in [1.29, 1.82) is 0 Å². The van der Waals surface area contributed by atoms with Crippen LogP contribution in [0.3, 0.4) is 0 Å². The SMILES string of the molecule is COc1cc([C@@H](O)[C@H](Cc2cc3ccccc3o2)Cn2ccc(CC(=O)O)c2)cc(OC)c1C. The largest absolute Gasteiger partial charge is 0.496 e. The van der Waals surface area contributed by atoms with Crippen molar-refractivity contribution in [3.8, 4) is 11.5 Å². The third kappa shape index (κ3) is 5.10. The van der Waals surface area contributed by atoms with Gasteiger partial charge in [-0.3, -0.25) is 4.79 Å². The molecule has 0 aliphatic carbocycles. The third-order valence-corrected chi connectivity index (χ3v) is 6.11. The number of rotatable bonds is 10. The number of carbonyl (C=O) groups is 1. The first kappa shape index (κ1) is 23.4. The van der Waals surface area contributed by atoms with E-state index in [1.54, 1.807) is 20.3 Å². The summed E-state index contributed by atoms with van der Waals surface area (Å²) in [6, 6.07) is 15.3. The van der Waals surface area contributed by atoms with Gasteiger partial charge in [0.25, 0.3) is 0 Å². The number of benzene rings is 2. The summed E-state index contributed by atoms with van der Waals surface area (Å²) in [4.78, 5) is 11.1. The second kappa shape index (κ2) is 10.1. The fourth-order valence-electron chi connectivity index (χ4n) is 4.38. The molecule has 0 spiro atoms. The predicted molar refractivity (Wildman–Crippen MR) is 128 cm³/mol. The predicted octanol–water partition coefficient (Wildman–Crippen LogP) is 4.78. The van der Waals surface area contributed by atoms with Crippen LogP contribution in [0.15, 0.2) is 65.3 Å². The van der Waals surface area contributed by atoms with Gasteiger partial charge in [0.15, 0.2) is 0 Å². The monoisotopic (exact) mass is 463 g/mol. The van der Waals surface area contributed by atoms with Gasteiger partial charge in [-0.2, -0.15) is 0 Å². The molecule has 178 valence electrons. The fourth-order valence-corrected chi connectivity index (χ4v) is 4.38. The van der Waals surface area contributed by atoms with Gasteiger partial charge in [0.1, 0.15) is 22.8 Å². The summed E-state index contributed by atoms with van der Waals surface area (Å²) >= 11 is 0.